The maximum Gasteiger partial charge on any atom is 0.0774 e. The fourth-order valence-corrected chi connectivity index (χ4v) is 8.57. The number of aromatic nitrogens is 3. The van der Waals surface area contributed by atoms with Gasteiger partial charge in [-0.15, -0.1) is 59.7 Å². The number of para-hydroxylation sites is 2. The third-order valence-corrected chi connectivity index (χ3v) is 11.8. The van der Waals surface area contributed by atoms with Gasteiger partial charge in [0.2, 0.25) is 0 Å². The van der Waals surface area contributed by atoms with E-state index in [4.69, 9.17) is 4.98 Å². The number of hydrogen-bond acceptors (Lipinski definition) is 2. The molecular weight excluding hydrogens is 931 g/mol. The Balaban J connectivity index is 0.000000263. The molecule has 0 saturated heterocycles. The quantitative estimate of drug-likeness (QED) is 0.123. The van der Waals surface area contributed by atoms with E-state index in [2.05, 4.69) is 210 Å². The molecule has 0 amide bonds. The molecule has 0 aliphatic rings. The minimum atomic E-state index is 0. The molecule has 2 heterocycles. The number of hydrogen-bond donors (Lipinski definition) is 0. The van der Waals surface area contributed by atoms with Crippen molar-refractivity contribution >= 4 is 43.4 Å². The Morgan fingerprint density at radius 2 is 1.11 bits per heavy atom. The predicted molar refractivity (Wildman–Crippen MR) is 259 cm³/mol. The molecule has 0 aliphatic heterocycles. The Hall–Kier alpha value is -6.19. The molecule has 3 nitrogen and oxygen atoms in total. The van der Waals surface area contributed by atoms with E-state index >= 15 is 0 Å². The standard InChI is InChI=1S/C43H35N2.C15H16N.Ir/c1-27(2)37-25-31(29-14-6-5-7-15-29)26-38(28(3)4)42(37)45-41-21-13-12-20-40(41)44-43(45)30-22-23-36-34-18-9-8-16-32(34)33-17-10-11-19-35(33)39(36)24-30;1-15(2,3)13-9-10-14(16-11-13)12-7-5-4-6-8-12;/h5-21,23-28H,1-4H3;4-7,9-11H,1-3H3;/q2*-1;. The molecule has 10 rings (SSSR count). The van der Waals surface area contributed by atoms with E-state index in [1.54, 1.807) is 0 Å². The number of fused-ring (bicyclic) bond motifs is 7. The Morgan fingerprint density at radius 1 is 0.532 bits per heavy atom. The molecule has 4 heteroatoms. The van der Waals surface area contributed by atoms with Gasteiger partial charge in [-0.25, -0.2) is 0 Å². The molecule has 0 saturated carbocycles. The molecule has 0 fully saturated rings. The van der Waals surface area contributed by atoms with Crippen LogP contribution >= 0.6 is 0 Å². The Morgan fingerprint density at radius 3 is 1.69 bits per heavy atom. The second-order valence-electron chi connectivity index (χ2n) is 17.7. The molecule has 1 radical (unpaired) electrons. The predicted octanol–water partition coefficient (Wildman–Crippen LogP) is 15.7. The van der Waals surface area contributed by atoms with Crippen LogP contribution in [0.1, 0.15) is 77.0 Å². The van der Waals surface area contributed by atoms with Crippen LogP contribution in [0.4, 0.5) is 0 Å². The first-order valence-corrected chi connectivity index (χ1v) is 21.5. The molecule has 10 aromatic rings. The number of pyridine rings is 1. The van der Waals surface area contributed by atoms with Crippen molar-refractivity contribution < 1.29 is 20.1 Å². The van der Waals surface area contributed by atoms with Crippen molar-refractivity contribution in [3.05, 3.63) is 199 Å². The average molecular weight is 982 g/mol. The second kappa shape index (κ2) is 17.7. The van der Waals surface area contributed by atoms with Gasteiger partial charge >= 0.3 is 0 Å². The zero-order valence-electron chi connectivity index (χ0n) is 36.5. The van der Waals surface area contributed by atoms with Crippen molar-refractivity contribution in [1.29, 1.82) is 0 Å². The van der Waals surface area contributed by atoms with Gasteiger partial charge in [-0.05, 0) is 91.2 Å². The number of rotatable bonds is 6. The fraction of sp³-hybridized carbons (Fsp3) is 0.172. The van der Waals surface area contributed by atoms with Crippen LogP contribution < -0.4 is 0 Å². The first-order chi connectivity index (χ1) is 29.6. The number of benzene rings is 8. The molecule has 62 heavy (non-hydrogen) atoms. The fourth-order valence-electron chi connectivity index (χ4n) is 8.57. The van der Waals surface area contributed by atoms with E-state index in [9.17, 15) is 0 Å². The van der Waals surface area contributed by atoms with Crippen molar-refractivity contribution in [2.24, 2.45) is 0 Å². The summed E-state index contributed by atoms with van der Waals surface area (Å²) >= 11 is 0. The Kier molecular flexibility index (Phi) is 12.1. The van der Waals surface area contributed by atoms with Crippen molar-refractivity contribution in [3.8, 4) is 39.5 Å². The molecule has 309 valence electrons. The maximum absolute atomic E-state index is 5.32. The molecule has 0 bridgehead atoms. The monoisotopic (exact) mass is 982 g/mol. The third kappa shape index (κ3) is 8.14. The van der Waals surface area contributed by atoms with Gasteiger partial charge in [-0.2, -0.15) is 0 Å². The van der Waals surface area contributed by atoms with Gasteiger partial charge in [0, 0.05) is 32.0 Å². The third-order valence-electron chi connectivity index (χ3n) is 11.8. The summed E-state index contributed by atoms with van der Waals surface area (Å²) in [5.41, 5.74) is 12.9. The maximum atomic E-state index is 5.32. The van der Waals surface area contributed by atoms with Crippen LogP contribution in [-0.4, -0.2) is 14.5 Å². The van der Waals surface area contributed by atoms with Gasteiger partial charge in [-0.3, -0.25) is 4.98 Å². The van der Waals surface area contributed by atoms with Gasteiger partial charge in [-0.1, -0.05) is 168 Å². The summed E-state index contributed by atoms with van der Waals surface area (Å²) in [7, 11) is 0. The zero-order valence-corrected chi connectivity index (χ0v) is 38.9. The van der Waals surface area contributed by atoms with Gasteiger partial charge in [0.25, 0.3) is 0 Å². The molecule has 0 spiro atoms. The molecule has 2 aromatic heterocycles. The van der Waals surface area contributed by atoms with E-state index in [0.29, 0.717) is 11.8 Å². The number of imidazole rings is 1. The van der Waals surface area contributed by atoms with Gasteiger partial charge in [0.05, 0.1) is 16.9 Å². The molecule has 0 unspecified atom stereocenters. The number of nitrogens with zero attached hydrogens (tertiary/aromatic N) is 3. The van der Waals surface area contributed by atoms with Gasteiger partial charge in [0.15, 0.2) is 0 Å². The first-order valence-electron chi connectivity index (χ1n) is 21.5. The van der Waals surface area contributed by atoms with E-state index < -0.39 is 0 Å². The summed E-state index contributed by atoms with van der Waals surface area (Å²) in [5.74, 6) is 1.55. The van der Waals surface area contributed by atoms with Crippen molar-refractivity contribution in [1.82, 2.24) is 14.5 Å². The van der Waals surface area contributed by atoms with Crippen LogP contribution in [0.3, 0.4) is 0 Å². The zero-order chi connectivity index (χ0) is 42.3. The van der Waals surface area contributed by atoms with E-state index in [1.807, 2.05) is 30.5 Å². The van der Waals surface area contributed by atoms with Crippen LogP contribution in [0.25, 0.3) is 82.8 Å². The minimum Gasteiger partial charge on any atom is -0.333 e. The summed E-state index contributed by atoms with van der Waals surface area (Å²) in [4.78, 5) is 9.81. The summed E-state index contributed by atoms with van der Waals surface area (Å²) in [6, 6.07) is 65.0. The summed E-state index contributed by atoms with van der Waals surface area (Å²) < 4.78 is 2.41. The van der Waals surface area contributed by atoms with Crippen molar-refractivity contribution in [2.75, 3.05) is 0 Å². The molecule has 0 N–H and O–H groups in total. The van der Waals surface area contributed by atoms with Crippen LogP contribution in [0.2, 0.25) is 0 Å². The van der Waals surface area contributed by atoms with E-state index in [1.165, 1.54) is 65.8 Å². The first kappa shape index (κ1) is 42.5. The molecule has 0 aliphatic carbocycles. The van der Waals surface area contributed by atoms with Crippen LogP contribution in [0.5, 0.6) is 0 Å². The van der Waals surface area contributed by atoms with Crippen LogP contribution in [0, 0.1) is 12.1 Å². The summed E-state index contributed by atoms with van der Waals surface area (Å²) in [6.45, 7) is 15.8. The average Bonchev–Trinajstić information content (AvgIpc) is 3.68. The largest absolute Gasteiger partial charge is 0.333 e. The van der Waals surface area contributed by atoms with Gasteiger partial charge in [0.1, 0.15) is 0 Å². The van der Waals surface area contributed by atoms with Crippen molar-refractivity contribution in [3.63, 3.8) is 0 Å². The van der Waals surface area contributed by atoms with Crippen molar-refractivity contribution in [2.45, 2.75) is 65.7 Å². The smallest absolute Gasteiger partial charge is 0.0774 e. The summed E-state index contributed by atoms with van der Waals surface area (Å²) in [5, 5.41) is 7.49. The van der Waals surface area contributed by atoms with Gasteiger partial charge < -0.3 is 9.55 Å². The minimum absolute atomic E-state index is 0. The van der Waals surface area contributed by atoms with Crippen LogP contribution in [-0.2, 0) is 25.5 Å². The SMILES string of the molecule is CC(C)(C)c1ccc(-c2[c-]cccc2)nc1.CC(C)c1cc(-c2ccccc2)cc(C(C)C)c1-n1c(-c2[c-]cc3c4ccccc4c4ccccc4c3c2)nc2ccccc21.[Ir]. The van der Waals surface area contributed by atoms with E-state index in [0.717, 1.165) is 33.7 Å². The Bertz CT molecular complexity index is 3090. The molecular formula is C58H51IrN3-2. The Labute approximate surface area is 379 Å². The second-order valence-corrected chi connectivity index (χ2v) is 17.7. The molecule has 0 atom stereocenters. The normalized spacial score (nSPS) is 11.6. The summed E-state index contributed by atoms with van der Waals surface area (Å²) in [6.07, 6.45) is 1.95. The van der Waals surface area contributed by atoms with E-state index in [-0.39, 0.29) is 25.5 Å². The van der Waals surface area contributed by atoms with Crippen LogP contribution in [0.15, 0.2) is 170 Å². The topological polar surface area (TPSA) is 30.7 Å². The molecule has 8 aromatic carbocycles.